The van der Waals surface area contributed by atoms with Gasteiger partial charge in [-0.25, -0.2) is 0 Å². The van der Waals surface area contributed by atoms with E-state index < -0.39 is 10.9 Å². The quantitative estimate of drug-likeness (QED) is 0.634. The molecular formula is C15H18BrN3O4. The lowest BCUT2D eigenvalue weighted by Crippen LogP contribution is -2.57. The number of halogens is 1. The van der Waals surface area contributed by atoms with Crippen LogP contribution >= 0.6 is 15.9 Å². The Labute approximate surface area is 141 Å². The zero-order valence-corrected chi connectivity index (χ0v) is 14.2. The molecule has 5 rings (SSSR count). The van der Waals surface area contributed by atoms with Crippen LogP contribution in [-0.2, 0) is 10.3 Å². The number of hydrogen-bond acceptors (Lipinski definition) is 4. The number of nitrogens with zero attached hydrogens (tertiary/aromatic N) is 3. The first-order chi connectivity index (χ1) is 10.8. The lowest BCUT2D eigenvalue weighted by molar-refractivity contribution is -0.390. The van der Waals surface area contributed by atoms with E-state index in [1.165, 1.54) is 0 Å². The minimum Gasteiger partial charge on any atom is -0.481 e. The average molecular weight is 384 g/mol. The largest absolute Gasteiger partial charge is 0.481 e. The Bertz CT molecular complexity index is 687. The minimum atomic E-state index is -0.741. The highest BCUT2D eigenvalue weighted by molar-refractivity contribution is 9.10. The van der Waals surface area contributed by atoms with E-state index in [-0.39, 0.29) is 23.2 Å². The highest BCUT2D eigenvalue weighted by Gasteiger charge is 2.60. The number of hydrogen-bond donors (Lipinski definition) is 1. The summed E-state index contributed by atoms with van der Waals surface area (Å²) < 4.78 is 2.16. The maximum absolute atomic E-state index is 11.4. The first kappa shape index (κ1) is 15.1. The third kappa shape index (κ3) is 2.29. The summed E-state index contributed by atoms with van der Waals surface area (Å²) in [7, 11) is 0. The van der Waals surface area contributed by atoms with Crippen molar-refractivity contribution in [2.75, 3.05) is 0 Å². The third-order valence-electron chi connectivity index (χ3n) is 5.99. The third-order valence-corrected chi connectivity index (χ3v) is 6.55. The zero-order chi connectivity index (χ0) is 16.4. The second-order valence-corrected chi connectivity index (χ2v) is 8.61. The molecule has 4 bridgehead atoms. The highest BCUT2D eigenvalue weighted by atomic mass is 79.9. The molecule has 0 amide bonds. The van der Waals surface area contributed by atoms with E-state index in [1.807, 2.05) is 0 Å². The Morgan fingerprint density at radius 3 is 2.61 bits per heavy atom. The van der Waals surface area contributed by atoms with Gasteiger partial charge in [0.2, 0.25) is 0 Å². The van der Waals surface area contributed by atoms with Gasteiger partial charge in [0, 0.05) is 0 Å². The van der Waals surface area contributed by atoms with Gasteiger partial charge in [-0.2, -0.15) is 4.68 Å². The minimum absolute atomic E-state index is 0.159. The Morgan fingerprint density at radius 1 is 1.43 bits per heavy atom. The van der Waals surface area contributed by atoms with E-state index in [2.05, 4.69) is 21.0 Å². The molecule has 1 aromatic rings. The summed E-state index contributed by atoms with van der Waals surface area (Å²) in [5.74, 6) is 0.123. The Hall–Kier alpha value is -1.44. The summed E-state index contributed by atoms with van der Waals surface area (Å²) in [6.45, 7) is 0. The number of carbonyl (C=O) groups is 1. The molecule has 0 radical (unpaired) electrons. The van der Waals surface area contributed by atoms with Crippen molar-refractivity contribution in [2.45, 2.75) is 50.5 Å². The standard InChI is InChI=1S/C15H18BrN3O4/c16-11-7-18(17-13(11)19(22)23)15-4-9-1-10(5-15)3-14(2-9,8-15)6-12(20)21/h7,9-10H,1-6,8H2,(H,20,21)/t9-,10-,14?,15?/m1/s1. The van der Waals surface area contributed by atoms with Crippen molar-refractivity contribution >= 4 is 27.7 Å². The van der Waals surface area contributed by atoms with Crippen LogP contribution in [0.1, 0.15) is 44.9 Å². The Morgan fingerprint density at radius 2 is 2.09 bits per heavy atom. The smallest absolute Gasteiger partial charge is 0.404 e. The van der Waals surface area contributed by atoms with Gasteiger partial charge in [0.1, 0.15) is 4.47 Å². The zero-order valence-electron chi connectivity index (χ0n) is 12.6. The van der Waals surface area contributed by atoms with Crippen LogP contribution < -0.4 is 0 Å². The predicted molar refractivity (Wildman–Crippen MR) is 83.9 cm³/mol. The number of rotatable bonds is 4. The maximum atomic E-state index is 11.4. The van der Waals surface area contributed by atoms with Gasteiger partial charge in [0.05, 0.1) is 23.3 Å². The molecular weight excluding hydrogens is 366 g/mol. The van der Waals surface area contributed by atoms with Gasteiger partial charge in [-0.05, 0) is 76.6 Å². The van der Waals surface area contributed by atoms with Crippen molar-refractivity contribution < 1.29 is 14.8 Å². The second-order valence-electron chi connectivity index (χ2n) is 7.76. The number of aromatic nitrogens is 2. The van der Waals surface area contributed by atoms with E-state index in [1.54, 1.807) is 10.9 Å². The first-order valence-corrected chi connectivity index (χ1v) is 8.72. The molecule has 4 aliphatic carbocycles. The molecule has 7 nitrogen and oxygen atoms in total. The fourth-order valence-corrected chi connectivity index (χ4v) is 6.33. The van der Waals surface area contributed by atoms with Gasteiger partial charge < -0.3 is 15.2 Å². The van der Waals surface area contributed by atoms with Gasteiger partial charge in [-0.3, -0.25) is 4.79 Å². The van der Waals surface area contributed by atoms with Gasteiger partial charge in [-0.15, -0.1) is 0 Å². The van der Waals surface area contributed by atoms with Gasteiger partial charge >= 0.3 is 11.8 Å². The van der Waals surface area contributed by atoms with E-state index in [9.17, 15) is 20.0 Å². The van der Waals surface area contributed by atoms with Crippen LogP contribution in [0.2, 0.25) is 0 Å². The van der Waals surface area contributed by atoms with E-state index >= 15 is 0 Å². The summed E-state index contributed by atoms with van der Waals surface area (Å²) in [5.41, 5.74) is -0.417. The lowest BCUT2D eigenvalue weighted by Gasteiger charge is -2.60. The summed E-state index contributed by atoms with van der Waals surface area (Å²) in [5, 5.41) is 24.7. The molecule has 4 saturated carbocycles. The van der Waals surface area contributed by atoms with Crippen molar-refractivity contribution in [1.82, 2.24) is 9.78 Å². The van der Waals surface area contributed by atoms with Crippen molar-refractivity contribution in [3.63, 3.8) is 0 Å². The number of carboxylic acid groups (broad SMARTS) is 1. The van der Waals surface area contributed by atoms with Crippen LogP contribution in [0.4, 0.5) is 5.82 Å². The maximum Gasteiger partial charge on any atom is 0.404 e. The molecule has 124 valence electrons. The lowest BCUT2D eigenvalue weighted by atomic mass is 9.46. The summed E-state index contributed by atoms with van der Waals surface area (Å²) in [4.78, 5) is 22.0. The Balaban J connectivity index is 1.74. The fourth-order valence-electron chi connectivity index (χ4n) is 5.91. The molecule has 1 N–H and O–H groups in total. The van der Waals surface area contributed by atoms with Crippen LogP contribution in [0.3, 0.4) is 0 Å². The molecule has 0 aliphatic heterocycles. The number of aliphatic carboxylic acids is 1. The SMILES string of the molecule is O=C(O)CC12C[C@H]3C[C@H](C1)CC(n1cc(Br)c([N+](=O)[O-])n1)(C3)C2. The van der Waals surface area contributed by atoms with Crippen molar-refractivity contribution in [3.8, 4) is 0 Å². The molecule has 0 unspecified atom stereocenters. The van der Waals surface area contributed by atoms with E-state index in [0.717, 1.165) is 38.5 Å². The summed E-state index contributed by atoms with van der Waals surface area (Å²) in [6.07, 6.45) is 7.70. The van der Waals surface area contributed by atoms with E-state index in [0.29, 0.717) is 16.3 Å². The van der Waals surface area contributed by atoms with Crippen LogP contribution in [0.25, 0.3) is 0 Å². The normalized spacial score (nSPS) is 38.0. The topological polar surface area (TPSA) is 98.3 Å². The fraction of sp³-hybridized carbons (Fsp3) is 0.733. The van der Waals surface area contributed by atoms with Gasteiger partial charge in [-0.1, -0.05) is 0 Å². The molecule has 0 aromatic carbocycles. The molecule has 0 saturated heterocycles. The summed E-state index contributed by atoms with van der Waals surface area (Å²) >= 11 is 3.23. The van der Waals surface area contributed by atoms with Crippen LogP contribution in [0.5, 0.6) is 0 Å². The van der Waals surface area contributed by atoms with Gasteiger partial charge in [0.15, 0.2) is 0 Å². The van der Waals surface area contributed by atoms with Crippen molar-refractivity contribution in [1.29, 1.82) is 0 Å². The van der Waals surface area contributed by atoms with Crippen molar-refractivity contribution in [2.24, 2.45) is 17.3 Å². The average Bonchev–Trinajstić information content (AvgIpc) is 2.78. The monoisotopic (exact) mass is 383 g/mol. The van der Waals surface area contributed by atoms with Crippen LogP contribution in [0.15, 0.2) is 10.7 Å². The number of carboxylic acids is 1. The van der Waals surface area contributed by atoms with Crippen molar-refractivity contribution in [3.05, 3.63) is 20.8 Å². The highest BCUT2D eigenvalue weighted by Crippen LogP contribution is 2.65. The van der Waals surface area contributed by atoms with E-state index in [4.69, 9.17) is 0 Å². The summed E-state index contributed by atoms with van der Waals surface area (Å²) in [6, 6.07) is 0. The molecule has 0 spiro atoms. The second kappa shape index (κ2) is 4.78. The first-order valence-electron chi connectivity index (χ1n) is 7.93. The molecule has 4 fully saturated rings. The van der Waals surface area contributed by atoms with Gasteiger partial charge in [0.25, 0.3) is 0 Å². The molecule has 23 heavy (non-hydrogen) atoms. The van der Waals surface area contributed by atoms with Crippen LogP contribution in [0, 0.1) is 27.4 Å². The predicted octanol–water partition coefficient (Wildman–Crippen LogP) is 3.32. The number of nitro groups is 1. The molecule has 1 heterocycles. The molecule has 4 aliphatic rings. The molecule has 8 heteroatoms. The van der Waals surface area contributed by atoms with Crippen LogP contribution in [-0.4, -0.2) is 25.8 Å². The Kier molecular flexibility index (Phi) is 3.14. The molecule has 1 aromatic heterocycles. The molecule has 2 atom stereocenters.